The van der Waals surface area contributed by atoms with E-state index >= 15 is 0 Å². The number of rotatable bonds is 3. The summed E-state index contributed by atoms with van der Waals surface area (Å²) in [6.45, 7) is 2.96. The molecule has 0 unspecified atom stereocenters. The lowest BCUT2D eigenvalue weighted by Gasteiger charge is -2.06. The van der Waals surface area contributed by atoms with Crippen LogP contribution in [0.4, 0.5) is 5.69 Å². The number of halogens is 1. The van der Waals surface area contributed by atoms with E-state index in [1.54, 1.807) is 0 Å². The third-order valence-electron chi connectivity index (χ3n) is 1.94. The van der Waals surface area contributed by atoms with Gasteiger partial charge in [0.1, 0.15) is 0 Å². The van der Waals surface area contributed by atoms with E-state index in [0.717, 1.165) is 12.3 Å². The Kier molecular flexibility index (Phi) is 3.49. The highest BCUT2D eigenvalue weighted by Crippen LogP contribution is 2.26. The molecule has 0 radical (unpaired) electrons. The van der Waals surface area contributed by atoms with Gasteiger partial charge < -0.3 is 0 Å². The van der Waals surface area contributed by atoms with Gasteiger partial charge in [0.2, 0.25) is 5.15 Å². The van der Waals surface area contributed by atoms with Crippen LogP contribution in [0.25, 0.3) is 0 Å². The fraction of sp³-hybridized carbons (Fsp3) is 0.375. The molecule has 0 bridgehead atoms. The third kappa shape index (κ3) is 2.30. The summed E-state index contributed by atoms with van der Waals surface area (Å²) in [6, 6.07) is 0.921. The minimum Gasteiger partial charge on any atom is -0.258 e. The van der Waals surface area contributed by atoms with Crippen molar-refractivity contribution in [2.75, 3.05) is 0 Å². The molecule has 16 heavy (non-hydrogen) atoms. The first kappa shape index (κ1) is 12.9. The first-order chi connectivity index (χ1) is 7.26. The average Bonchev–Trinajstić information content (AvgIpc) is 2.17. The van der Waals surface area contributed by atoms with Crippen molar-refractivity contribution in [3.8, 4) is 0 Å². The van der Waals surface area contributed by atoms with Crippen molar-refractivity contribution in [1.29, 1.82) is 0 Å². The van der Waals surface area contributed by atoms with Gasteiger partial charge in [-0.05, 0) is 13.8 Å². The first-order valence-corrected chi connectivity index (χ1v) is 6.23. The normalized spacial score (nSPS) is 11.8. The van der Waals surface area contributed by atoms with E-state index in [0.29, 0.717) is 0 Å². The molecule has 0 amide bonds. The van der Waals surface area contributed by atoms with Gasteiger partial charge in [-0.15, -0.1) is 0 Å². The van der Waals surface area contributed by atoms with Crippen molar-refractivity contribution < 1.29 is 13.3 Å². The van der Waals surface area contributed by atoms with Gasteiger partial charge in [-0.25, -0.2) is 13.4 Å². The summed E-state index contributed by atoms with van der Waals surface area (Å²) >= 11 is 5.47. The number of sulfone groups is 1. The SMILES string of the molecule is CC(C)S(=O)(=O)c1cnc(Cl)c([N+](=O)[O-])c1. The molecule has 1 aromatic heterocycles. The highest BCUT2D eigenvalue weighted by Gasteiger charge is 2.24. The number of pyridine rings is 1. The van der Waals surface area contributed by atoms with Gasteiger partial charge in [-0.2, -0.15) is 0 Å². The maximum absolute atomic E-state index is 11.7. The largest absolute Gasteiger partial charge is 0.307 e. The standard InChI is InChI=1S/C8H9ClN2O4S/c1-5(2)16(14,15)6-3-7(11(12)13)8(9)10-4-6/h3-5H,1-2H3. The average molecular weight is 265 g/mol. The zero-order chi connectivity index (χ0) is 12.5. The predicted octanol–water partition coefficient (Wildman–Crippen LogP) is 1.83. The molecule has 0 spiro atoms. The fourth-order valence-corrected chi connectivity index (χ4v) is 2.17. The molecular weight excluding hydrogens is 256 g/mol. The lowest BCUT2D eigenvalue weighted by molar-refractivity contribution is -0.385. The molecule has 0 fully saturated rings. The minimum absolute atomic E-state index is 0.196. The summed E-state index contributed by atoms with van der Waals surface area (Å²) in [7, 11) is -3.58. The van der Waals surface area contributed by atoms with Crippen LogP contribution < -0.4 is 0 Å². The molecule has 0 aromatic carbocycles. The van der Waals surface area contributed by atoms with Crippen molar-refractivity contribution >= 4 is 27.1 Å². The second-order valence-electron chi connectivity index (χ2n) is 3.33. The van der Waals surface area contributed by atoms with Gasteiger partial charge >= 0.3 is 5.69 Å². The predicted molar refractivity (Wildman–Crippen MR) is 58.2 cm³/mol. The molecule has 0 aliphatic rings. The molecule has 0 atom stereocenters. The lowest BCUT2D eigenvalue weighted by Crippen LogP contribution is -2.14. The number of aromatic nitrogens is 1. The summed E-state index contributed by atoms with van der Waals surface area (Å²) < 4.78 is 23.4. The maximum Gasteiger partial charge on any atom is 0.307 e. The number of nitro groups is 1. The van der Waals surface area contributed by atoms with Crippen LogP contribution in [-0.4, -0.2) is 23.6 Å². The summed E-state index contributed by atoms with van der Waals surface area (Å²) in [6.07, 6.45) is 1.02. The van der Waals surface area contributed by atoms with E-state index < -0.39 is 25.7 Å². The van der Waals surface area contributed by atoms with Crippen molar-refractivity contribution in [2.45, 2.75) is 24.0 Å². The molecule has 0 aliphatic heterocycles. The highest BCUT2D eigenvalue weighted by atomic mass is 35.5. The minimum atomic E-state index is -3.58. The van der Waals surface area contributed by atoms with Crippen LogP contribution in [0.1, 0.15) is 13.8 Å². The summed E-state index contributed by atoms with van der Waals surface area (Å²) in [5.41, 5.74) is -0.511. The van der Waals surface area contributed by atoms with Gasteiger partial charge in [0.25, 0.3) is 0 Å². The van der Waals surface area contributed by atoms with Crippen molar-refractivity contribution in [1.82, 2.24) is 4.98 Å². The highest BCUT2D eigenvalue weighted by molar-refractivity contribution is 7.92. The van der Waals surface area contributed by atoms with E-state index in [-0.39, 0.29) is 10.0 Å². The van der Waals surface area contributed by atoms with E-state index in [9.17, 15) is 18.5 Å². The molecule has 6 nitrogen and oxygen atoms in total. The van der Waals surface area contributed by atoms with Crippen molar-refractivity contribution in [3.63, 3.8) is 0 Å². The zero-order valence-corrected chi connectivity index (χ0v) is 10.1. The van der Waals surface area contributed by atoms with E-state index in [1.165, 1.54) is 13.8 Å². The molecule has 8 heteroatoms. The van der Waals surface area contributed by atoms with E-state index in [2.05, 4.69) is 4.98 Å². The van der Waals surface area contributed by atoms with Crippen molar-refractivity contribution in [2.24, 2.45) is 0 Å². The fourth-order valence-electron chi connectivity index (χ4n) is 0.974. The topological polar surface area (TPSA) is 90.2 Å². The Labute approximate surface area is 97.3 Å². The Morgan fingerprint density at radius 1 is 1.50 bits per heavy atom. The van der Waals surface area contributed by atoms with Gasteiger partial charge in [0.15, 0.2) is 9.84 Å². The van der Waals surface area contributed by atoms with Crippen LogP contribution in [0.3, 0.4) is 0 Å². The Bertz CT molecular complexity index is 527. The van der Waals surface area contributed by atoms with Gasteiger partial charge in [-0.1, -0.05) is 11.6 Å². The molecule has 0 saturated heterocycles. The number of hydrogen-bond acceptors (Lipinski definition) is 5. The second-order valence-corrected chi connectivity index (χ2v) is 6.19. The quantitative estimate of drug-likeness (QED) is 0.472. The zero-order valence-electron chi connectivity index (χ0n) is 8.55. The Morgan fingerprint density at radius 2 is 2.06 bits per heavy atom. The van der Waals surface area contributed by atoms with E-state index in [4.69, 9.17) is 11.6 Å². The van der Waals surface area contributed by atoms with Gasteiger partial charge in [0.05, 0.1) is 15.1 Å². The molecule has 1 heterocycles. The van der Waals surface area contributed by atoms with Crippen LogP contribution in [0, 0.1) is 10.1 Å². The Balaban J connectivity index is 3.40. The summed E-state index contributed by atoms with van der Waals surface area (Å²) in [5.74, 6) is 0. The molecule has 1 rings (SSSR count). The Morgan fingerprint density at radius 3 is 2.50 bits per heavy atom. The van der Waals surface area contributed by atoms with Gasteiger partial charge in [-0.3, -0.25) is 10.1 Å². The van der Waals surface area contributed by atoms with Crippen LogP contribution >= 0.6 is 11.6 Å². The molecule has 0 aliphatic carbocycles. The van der Waals surface area contributed by atoms with Crippen LogP contribution in [-0.2, 0) is 9.84 Å². The summed E-state index contributed by atoms with van der Waals surface area (Å²) in [4.78, 5) is 13.1. The molecule has 0 N–H and O–H groups in total. The number of nitrogens with zero attached hydrogens (tertiary/aromatic N) is 2. The third-order valence-corrected chi connectivity index (χ3v) is 4.35. The van der Waals surface area contributed by atoms with E-state index in [1.807, 2.05) is 0 Å². The molecular formula is C8H9ClN2O4S. The molecule has 88 valence electrons. The first-order valence-electron chi connectivity index (χ1n) is 4.30. The second kappa shape index (κ2) is 4.34. The van der Waals surface area contributed by atoms with Crippen molar-refractivity contribution in [3.05, 3.63) is 27.5 Å². The Hall–Kier alpha value is -1.21. The molecule has 1 aromatic rings. The van der Waals surface area contributed by atoms with Crippen LogP contribution in [0.2, 0.25) is 5.15 Å². The summed E-state index contributed by atoms with van der Waals surface area (Å²) in [5, 5.41) is 9.56. The smallest absolute Gasteiger partial charge is 0.258 e. The maximum atomic E-state index is 11.7. The monoisotopic (exact) mass is 264 g/mol. The van der Waals surface area contributed by atoms with Crippen LogP contribution in [0.5, 0.6) is 0 Å². The molecule has 0 saturated carbocycles. The van der Waals surface area contributed by atoms with Gasteiger partial charge in [0, 0.05) is 12.3 Å². The lowest BCUT2D eigenvalue weighted by atomic mass is 10.4. The number of hydrogen-bond donors (Lipinski definition) is 0. The van der Waals surface area contributed by atoms with Crippen LogP contribution in [0.15, 0.2) is 17.2 Å².